The molecule has 2 aromatic rings. The van der Waals surface area contributed by atoms with Crippen molar-refractivity contribution >= 4 is 31.9 Å². The van der Waals surface area contributed by atoms with Crippen LogP contribution in [0.2, 0.25) is 0 Å². The molecule has 142 valence electrons. The molecule has 10 heteroatoms. The highest BCUT2D eigenvalue weighted by Gasteiger charge is 2.20. The molecule has 0 bridgehead atoms. The van der Waals surface area contributed by atoms with Gasteiger partial charge in [-0.05, 0) is 34.1 Å². The van der Waals surface area contributed by atoms with Crippen molar-refractivity contribution in [3.8, 4) is 0 Å². The number of hydrogen-bond acceptors (Lipinski definition) is 5. The number of nitrogens with one attached hydrogen (secondary N) is 1. The molecule has 2 rings (SSSR count). The molecule has 0 aliphatic carbocycles. The number of halogens is 1. The van der Waals surface area contributed by atoms with Gasteiger partial charge in [0.15, 0.2) is 0 Å². The van der Waals surface area contributed by atoms with Gasteiger partial charge >= 0.3 is 0 Å². The second-order valence-corrected chi connectivity index (χ2v) is 8.34. The van der Waals surface area contributed by atoms with E-state index in [-0.39, 0.29) is 29.5 Å². The summed E-state index contributed by atoms with van der Waals surface area (Å²) >= 11 is 3.32. The smallest absolute Gasteiger partial charge is 0.255 e. The molecule has 0 saturated carbocycles. The first-order valence-corrected chi connectivity index (χ1v) is 10.0. The molecule has 1 aromatic heterocycles. The van der Waals surface area contributed by atoms with Crippen molar-refractivity contribution in [2.45, 2.75) is 11.4 Å². The molecule has 1 N–H and O–H groups in total. The largest absolute Gasteiger partial charge is 0.383 e. The lowest BCUT2D eigenvalue weighted by Crippen LogP contribution is -2.29. The van der Waals surface area contributed by atoms with Gasteiger partial charge in [-0.3, -0.25) is 9.48 Å². The van der Waals surface area contributed by atoms with Crippen molar-refractivity contribution in [3.05, 3.63) is 46.2 Å². The first kappa shape index (κ1) is 20.6. The average Bonchev–Trinajstić information content (AvgIpc) is 2.99. The molecule has 0 aliphatic heterocycles. The maximum absolute atomic E-state index is 12.7. The molecular formula is C16H21BrN4O4S. The molecule has 8 nitrogen and oxygen atoms in total. The van der Waals surface area contributed by atoms with E-state index in [1.807, 2.05) is 6.20 Å². The van der Waals surface area contributed by atoms with Crippen molar-refractivity contribution in [2.75, 3.05) is 27.3 Å². The normalized spacial score (nSPS) is 11.5. The van der Waals surface area contributed by atoms with Gasteiger partial charge in [0.2, 0.25) is 10.0 Å². The average molecular weight is 445 g/mol. The second kappa shape index (κ2) is 8.76. The summed E-state index contributed by atoms with van der Waals surface area (Å²) in [6.45, 7) is 0.774. The van der Waals surface area contributed by atoms with Crippen LogP contribution >= 0.6 is 15.9 Å². The predicted octanol–water partition coefficient (Wildman–Crippen LogP) is 1.38. The molecule has 1 amide bonds. The Labute approximate surface area is 161 Å². The van der Waals surface area contributed by atoms with Gasteiger partial charge < -0.3 is 9.64 Å². The van der Waals surface area contributed by atoms with Crippen molar-refractivity contribution < 1.29 is 17.9 Å². The third kappa shape index (κ3) is 5.13. The van der Waals surface area contributed by atoms with Crippen LogP contribution in [0, 0.1) is 0 Å². The van der Waals surface area contributed by atoms with E-state index < -0.39 is 10.0 Å². The van der Waals surface area contributed by atoms with E-state index in [9.17, 15) is 13.2 Å². The molecule has 0 saturated heterocycles. The van der Waals surface area contributed by atoms with Gasteiger partial charge in [0, 0.05) is 50.5 Å². The number of aryl methyl sites for hydroxylation is 1. The van der Waals surface area contributed by atoms with Crippen LogP contribution < -0.4 is 4.72 Å². The molecule has 0 spiro atoms. The third-order valence-electron chi connectivity index (χ3n) is 3.60. The van der Waals surface area contributed by atoms with E-state index in [0.29, 0.717) is 11.0 Å². The minimum absolute atomic E-state index is 0.0231. The summed E-state index contributed by atoms with van der Waals surface area (Å²) in [6.07, 6.45) is 3.50. The summed E-state index contributed by atoms with van der Waals surface area (Å²) in [5, 5.41) is 4.07. The summed E-state index contributed by atoms with van der Waals surface area (Å²) in [5.41, 5.74) is 1.15. The zero-order valence-corrected chi connectivity index (χ0v) is 17.2. The Morgan fingerprint density at radius 1 is 1.42 bits per heavy atom. The topological polar surface area (TPSA) is 93.5 Å². The molecular weight excluding hydrogens is 424 g/mol. The Hall–Kier alpha value is -1.75. The van der Waals surface area contributed by atoms with Gasteiger partial charge in [-0.15, -0.1) is 0 Å². The predicted molar refractivity (Wildman–Crippen MR) is 100 cm³/mol. The van der Waals surface area contributed by atoms with Gasteiger partial charge in [0.1, 0.15) is 0 Å². The SMILES string of the molecule is COCCNS(=O)(=O)c1ccc(Br)c(C(=O)N(C)Cc2cnn(C)c2)c1. The maximum Gasteiger partial charge on any atom is 0.255 e. The zero-order valence-electron chi connectivity index (χ0n) is 14.8. The summed E-state index contributed by atoms with van der Waals surface area (Å²) < 4.78 is 34.1. The second-order valence-electron chi connectivity index (χ2n) is 5.72. The number of aromatic nitrogens is 2. The fourth-order valence-corrected chi connectivity index (χ4v) is 3.76. The Bertz CT molecular complexity index is 882. The van der Waals surface area contributed by atoms with E-state index in [4.69, 9.17) is 4.74 Å². The molecule has 0 aliphatic rings. The Kier molecular flexibility index (Phi) is 6.93. The highest BCUT2D eigenvalue weighted by Crippen LogP contribution is 2.23. The van der Waals surface area contributed by atoms with Crippen LogP contribution in [0.5, 0.6) is 0 Å². The minimum Gasteiger partial charge on any atom is -0.383 e. The van der Waals surface area contributed by atoms with Crippen molar-refractivity contribution in [3.63, 3.8) is 0 Å². The number of sulfonamides is 1. The first-order chi connectivity index (χ1) is 12.2. The molecule has 0 atom stereocenters. The third-order valence-corrected chi connectivity index (χ3v) is 5.75. The highest BCUT2D eigenvalue weighted by molar-refractivity contribution is 9.10. The van der Waals surface area contributed by atoms with Crippen molar-refractivity contribution in [2.24, 2.45) is 7.05 Å². The minimum atomic E-state index is -3.72. The number of rotatable bonds is 8. The van der Waals surface area contributed by atoms with Gasteiger partial charge in [-0.1, -0.05) is 0 Å². The van der Waals surface area contributed by atoms with E-state index in [2.05, 4.69) is 25.8 Å². The molecule has 0 radical (unpaired) electrons. The molecule has 1 heterocycles. The van der Waals surface area contributed by atoms with E-state index in [1.165, 1.54) is 24.1 Å². The van der Waals surface area contributed by atoms with Crippen LogP contribution in [0.15, 0.2) is 40.0 Å². The van der Waals surface area contributed by atoms with E-state index >= 15 is 0 Å². The standard InChI is InChI=1S/C16H21BrN4O4S/c1-20(10-12-9-18-21(2)11-12)16(22)14-8-13(4-5-15(14)17)26(23,24)19-6-7-25-3/h4-5,8-9,11,19H,6-7,10H2,1-3H3. The van der Waals surface area contributed by atoms with E-state index in [1.54, 1.807) is 31.0 Å². The monoisotopic (exact) mass is 444 g/mol. The zero-order chi connectivity index (χ0) is 19.3. The van der Waals surface area contributed by atoms with Gasteiger partial charge in [-0.25, -0.2) is 13.1 Å². The molecule has 1 aromatic carbocycles. The van der Waals surface area contributed by atoms with Crippen LogP contribution in [0.1, 0.15) is 15.9 Å². The van der Waals surface area contributed by atoms with Crippen LogP contribution in [-0.2, 0) is 28.4 Å². The maximum atomic E-state index is 12.7. The quantitative estimate of drug-likeness (QED) is 0.620. The number of carbonyl (C=O) groups excluding carboxylic acids is 1. The number of methoxy groups -OCH3 is 1. The number of amides is 1. The van der Waals surface area contributed by atoms with Gasteiger partial charge in [0.25, 0.3) is 5.91 Å². The summed E-state index contributed by atoms with van der Waals surface area (Å²) in [5.74, 6) is -0.297. The van der Waals surface area contributed by atoms with Crippen LogP contribution in [-0.4, -0.2) is 56.3 Å². The Morgan fingerprint density at radius 2 is 2.15 bits per heavy atom. The lowest BCUT2D eigenvalue weighted by atomic mass is 10.2. The van der Waals surface area contributed by atoms with Crippen LogP contribution in [0.4, 0.5) is 0 Å². The van der Waals surface area contributed by atoms with E-state index in [0.717, 1.165) is 5.56 Å². The molecule has 0 unspecified atom stereocenters. The van der Waals surface area contributed by atoms with Crippen molar-refractivity contribution in [1.29, 1.82) is 0 Å². The summed E-state index contributed by atoms with van der Waals surface area (Å²) in [6, 6.07) is 4.36. The lowest BCUT2D eigenvalue weighted by molar-refractivity contribution is 0.0784. The number of nitrogens with zero attached hydrogens (tertiary/aromatic N) is 3. The molecule has 0 fully saturated rings. The number of ether oxygens (including phenoxy) is 1. The number of carbonyl (C=O) groups is 1. The molecule has 26 heavy (non-hydrogen) atoms. The summed E-state index contributed by atoms with van der Waals surface area (Å²) in [7, 11) is 1.22. The van der Waals surface area contributed by atoms with Gasteiger partial charge in [0.05, 0.1) is 23.3 Å². The van der Waals surface area contributed by atoms with Crippen LogP contribution in [0.3, 0.4) is 0 Å². The van der Waals surface area contributed by atoms with Gasteiger partial charge in [-0.2, -0.15) is 5.10 Å². The summed E-state index contributed by atoms with van der Waals surface area (Å²) in [4.78, 5) is 14.3. The Balaban J connectivity index is 2.21. The first-order valence-electron chi connectivity index (χ1n) is 7.75. The number of benzene rings is 1. The van der Waals surface area contributed by atoms with Crippen LogP contribution in [0.25, 0.3) is 0 Å². The lowest BCUT2D eigenvalue weighted by Gasteiger charge is -2.18. The fourth-order valence-electron chi connectivity index (χ4n) is 2.30. The fraction of sp³-hybridized carbons (Fsp3) is 0.375. The Morgan fingerprint density at radius 3 is 2.77 bits per heavy atom. The highest BCUT2D eigenvalue weighted by atomic mass is 79.9. The van der Waals surface area contributed by atoms with Crippen molar-refractivity contribution in [1.82, 2.24) is 19.4 Å². The number of hydrogen-bond donors (Lipinski definition) is 1.